The molecule has 4 aromatic carbocycles. The summed E-state index contributed by atoms with van der Waals surface area (Å²) in [4.78, 5) is 12.2. The molecule has 166 valence electrons. The average molecular weight is 439 g/mol. The van der Waals surface area contributed by atoms with E-state index >= 15 is 0 Å². The van der Waals surface area contributed by atoms with Gasteiger partial charge in [-0.15, -0.1) is 0 Å². The van der Waals surface area contributed by atoms with Crippen molar-refractivity contribution in [3.63, 3.8) is 0 Å². The zero-order chi connectivity index (χ0) is 22.9. The minimum Gasteiger partial charge on any atom is -0.494 e. The Kier molecular flexibility index (Phi) is 7.33. The first-order valence-electron chi connectivity index (χ1n) is 10.9. The van der Waals surface area contributed by atoms with Gasteiger partial charge >= 0.3 is 0 Å². The molecule has 4 rings (SSSR count). The lowest BCUT2D eigenvalue weighted by molar-refractivity contribution is -0.120. The number of fused-ring (bicyclic) bond motifs is 1. The molecule has 0 radical (unpaired) electrons. The molecular weight excluding hydrogens is 412 g/mol. The van der Waals surface area contributed by atoms with Gasteiger partial charge in [-0.05, 0) is 53.1 Å². The number of hydrogen-bond acceptors (Lipinski definition) is 4. The largest absolute Gasteiger partial charge is 0.494 e. The van der Waals surface area contributed by atoms with Crippen molar-refractivity contribution < 1.29 is 14.3 Å². The Hall–Kier alpha value is -4.12. The molecular formula is C28H26N2O3. The second-order valence-electron chi connectivity index (χ2n) is 7.51. The van der Waals surface area contributed by atoms with Crippen LogP contribution in [0.3, 0.4) is 0 Å². The zero-order valence-electron chi connectivity index (χ0n) is 18.5. The maximum atomic E-state index is 12.2. The van der Waals surface area contributed by atoms with E-state index in [0.717, 1.165) is 22.4 Å². The van der Waals surface area contributed by atoms with Gasteiger partial charge in [0, 0.05) is 5.56 Å². The van der Waals surface area contributed by atoms with Gasteiger partial charge in [-0.1, -0.05) is 66.7 Å². The lowest BCUT2D eigenvalue weighted by Crippen LogP contribution is -2.19. The lowest BCUT2D eigenvalue weighted by atomic mass is 10.1. The van der Waals surface area contributed by atoms with Crippen LogP contribution in [0.25, 0.3) is 10.8 Å². The fraction of sp³-hybridized carbons (Fsp3) is 0.143. The predicted molar refractivity (Wildman–Crippen MR) is 132 cm³/mol. The summed E-state index contributed by atoms with van der Waals surface area (Å²) in [6.07, 6.45) is 1.84. The standard InChI is InChI=1S/C28H26N2O3/c1-2-32-25-16-14-21(15-17-25)18-28(31)30-29-19-23-9-4-6-13-27(23)33-20-24-11-7-10-22-8-3-5-12-26(22)24/h3-17,19H,2,18,20H2,1H3,(H,30,31)/b29-19+. The molecule has 5 nitrogen and oxygen atoms in total. The summed E-state index contributed by atoms with van der Waals surface area (Å²) >= 11 is 0. The molecule has 0 aromatic heterocycles. The fourth-order valence-electron chi connectivity index (χ4n) is 3.56. The third-order valence-corrected chi connectivity index (χ3v) is 5.17. The number of carbonyl (C=O) groups excluding carboxylic acids is 1. The summed E-state index contributed by atoms with van der Waals surface area (Å²) in [7, 11) is 0. The molecule has 0 saturated heterocycles. The number of nitrogens with zero attached hydrogens (tertiary/aromatic N) is 1. The van der Waals surface area contributed by atoms with Gasteiger partial charge < -0.3 is 9.47 Å². The van der Waals surface area contributed by atoms with E-state index < -0.39 is 0 Å². The van der Waals surface area contributed by atoms with Crippen LogP contribution in [0, 0.1) is 0 Å². The Morgan fingerprint density at radius 2 is 1.64 bits per heavy atom. The normalized spacial score (nSPS) is 10.9. The number of amides is 1. The molecule has 0 atom stereocenters. The number of hydrogen-bond donors (Lipinski definition) is 1. The van der Waals surface area contributed by atoms with Crippen LogP contribution in [0.4, 0.5) is 0 Å². The van der Waals surface area contributed by atoms with Crippen LogP contribution in [0.15, 0.2) is 96.1 Å². The Morgan fingerprint density at radius 1 is 0.879 bits per heavy atom. The second-order valence-corrected chi connectivity index (χ2v) is 7.51. The van der Waals surface area contributed by atoms with Gasteiger partial charge in [-0.25, -0.2) is 5.43 Å². The minimum absolute atomic E-state index is 0.190. The van der Waals surface area contributed by atoms with Crippen LogP contribution in [-0.2, 0) is 17.8 Å². The Labute approximate surface area is 193 Å². The van der Waals surface area contributed by atoms with Crippen molar-refractivity contribution in [3.05, 3.63) is 108 Å². The third-order valence-electron chi connectivity index (χ3n) is 5.17. The van der Waals surface area contributed by atoms with Crippen molar-refractivity contribution in [2.45, 2.75) is 20.0 Å². The van der Waals surface area contributed by atoms with E-state index in [0.29, 0.717) is 19.0 Å². The van der Waals surface area contributed by atoms with E-state index in [2.05, 4.69) is 34.8 Å². The molecule has 0 fully saturated rings. The number of benzene rings is 4. The van der Waals surface area contributed by atoms with Gasteiger partial charge in [-0.2, -0.15) is 5.10 Å². The summed E-state index contributed by atoms with van der Waals surface area (Å²) in [6.45, 7) is 2.99. The highest BCUT2D eigenvalue weighted by Crippen LogP contribution is 2.22. The second kappa shape index (κ2) is 11.0. The molecule has 0 bridgehead atoms. The van der Waals surface area contributed by atoms with E-state index in [4.69, 9.17) is 9.47 Å². The predicted octanol–water partition coefficient (Wildman–Crippen LogP) is 5.51. The average Bonchev–Trinajstić information content (AvgIpc) is 2.85. The first-order valence-corrected chi connectivity index (χ1v) is 10.9. The first kappa shape index (κ1) is 22.1. The van der Waals surface area contributed by atoms with E-state index in [-0.39, 0.29) is 12.3 Å². The molecule has 1 N–H and O–H groups in total. The summed E-state index contributed by atoms with van der Waals surface area (Å²) < 4.78 is 11.5. The van der Waals surface area contributed by atoms with Crippen LogP contribution in [0.5, 0.6) is 11.5 Å². The highest BCUT2D eigenvalue weighted by Gasteiger charge is 2.06. The maximum absolute atomic E-state index is 12.2. The summed E-state index contributed by atoms with van der Waals surface area (Å²) in [5.41, 5.74) is 5.39. The Bertz CT molecular complexity index is 1240. The van der Waals surface area contributed by atoms with Gasteiger partial charge in [0.25, 0.3) is 0 Å². The molecule has 0 aliphatic heterocycles. The molecule has 5 heteroatoms. The molecule has 0 aliphatic carbocycles. The van der Waals surface area contributed by atoms with E-state index in [1.54, 1.807) is 6.21 Å². The third kappa shape index (κ3) is 5.98. The van der Waals surface area contributed by atoms with Crippen molar-refractivity contribution in [2.24, 2.45) is 5.10 Å². The van der Waals surface area contributed by atoms with Crippen LogP contribution in [-0.4, -0.2) is 18.7 Å². The monoisotopic (exact) mass is 438 g/mol. The highest BCUT2D eigenvalue weighted by molar-refractivity contribution is 5.86. The fourth-order valence-corrected chi connectivity index (χ4v) is 3.56. The Morgan fingerprint density at radius 3 is 2.48 bits per heavy atom. The molecule has 1 amide bonds. The number of hydrazone groups is 1. The number of ether oxygens (including phenoxy) is 2. The Balaban J connectivity index is 1.36. The summed E-state index contributed by atoms with van der Waals surface area (Å²) in [6, 6.07) is 29.6. The summed E-state index contributed by atoms with van der Waals surface area (Å²) in [5, 5.41) is 6.48. The maximum Gasteiger partial charge on any atom is 0.244 e. The van der Waals surface area contributed by atoms with Gasteiger partial charge in [0.15, 0.2) is 0 Å². The molecule has 33 heavy (non-hydrogen) atoms. The van der Waals surface area contributed by atoms with Gasteiger partial charge in [-0.3, -0.25) is 4.79 Å². The zero-order valence-corrected chi connectivity index (χ0v) is 18.5. The summed E-state index contributed by atoms with van der Waals surface area (Å²) in [5.74, 6) is 1.30. The minimum atomic E-state index is -0.190. The van der Waals surface area contributed by atoms with Crippen molar-refractivity contribution in [1.29, 1.82) is 0 Å². The molecule has 0 aliphatic rings. The number of rotatable bonds is 9. The molecule has 0 saturated carbocycles. The van der Waals surface area contributed by atoms with Gasteiger partial charge in [0.1, 0.15) is 18.1 Å². The molecule has 0 heterocycles. The van der Waals surface area contributed by atoms with Gasteiger partial charge in [0.2, 0.25) is 5.91 Å². The van der Waals surface area contributed by atoms with E-state index in [1.807, 2.05) is 73.7 Å². The SMILES string of the molecule is CCOc1ccc(CC(=O)N/N=C/c2ccccc2OCc2cccc3ccccc23)cc1. The topological polar surface area (TPSA) is 59.9 Å². The van der Waals surface area contributed by atoms with E-state index in [9.17, 15) is 4.79 Å². The quantitative estimate of drug-likeness (QED) is 0.277. The highest BCUT2D eigenvalue weighted by atomic mass is 16.5. The smallest absolute Gasteiger partial charge is 0.244 e. The van der Waals surface area contributed by atoms with Crippen molar-refractivity contribution in [3.8, 4) is 11.5 Å². The molecule has 0 unspecified atom stereocenters. The van der Waals surface area contributed by atoms with Crippen LogP contribution >= 0.6 is 0 Å². The van der Waals surface area contributed by atoms with Crippen molar-refractivity contribution in [1.82, 2.24) is 5.43 Å². The number of carbonyl (C=O) groups is 1. The van der Waals surface area contributed by atoms with E-state index in [1.165, 1.54) is 10.8 Å². The van der Waals surface area contributed by atoms with Crippen molar-refractivity contribution >= 4 is 22.9 Å². The van der Waals surface area contributed by atoms with Crippen molar-refractivity contribution in [2.75, 3.05) is 6.61 Å². The van der Waals surface area contributed by atoms with Crippen LogP contribution in [0.2, 0.25) is 0 Å². The number of para-hydroxylation sites is 1. The van der Waals surface area contributed by atoms with Crippen LogP contribution < -0.4 is 14.9 Å². The van der Waals surface area contributed by atoms with Gasteiger partial charge in [0.05, 0.1) is 19.2 Å². The lowest BCUT2D eigenvalue weighted by Gasteiger charge is -2.11. The van der Waals surface area contributed by atoms with Crippen LogP contribution in [0.1, 0.15) is 23.6 Å². The first-order chi connectivity index (χ1) is 16.2. The number of nitrogens with one attached hydrogen (secondary N) is 1. The molecule has 0 spiro atoms. The molecule has 4 aromatic rings.